The van der Waals surface area contributed by atoms with E-state index in [9.17, 15) is 0 Å². The summed E-state index contributed by atoms with van der Waals surface area (Å²) in [6.07, 6.45) is 0. The molecule has 0 aromatic heterocycles. The minimum absolute atomic E-state index is 0.566. The van der Waals surface area contributed by atoms with Gasteiger partial charge in [0, 0.05) is 26.8 Å². The molecule has 0 saturated heterocycles. The molecule has 4 nitrogen and oxygen atoms in total. The molecule has 0 aliphatic rings. The van der Waals surface area contributed by atoms with Gasteiger partial charge in [0.15, 0.2) is 0 Å². The number of nitrogens with zero attached hydrogens (tertiary/aromatic N) is 1. The van der Waals surface area contributed by atoms with E-state index in [1.54, 1.807) is 7.11 Å². The third kappa shape index (κ3) is 11.8. The maximum Gasteiger partial charge on any atom is 0.0593 e. The minimum Gasteiger partial charge on any atom is -0.384 e. The first-order valence-electron chi connectivity index (χ1n) is 5.59. The van der Waals surface area contributed by atoms with Gasteiger partial charge in [-0.15, -0.1) is 0 Å². The lowest BCUT2D eigenvalue weighted by molar-refractivity contribution is 0.116. The van der Waals surface area contributed by atoms with E-state index in [-0.39, 0.29) is 0 Å². The van der Waals surface area contributed by atoms with Crippen molar-refractivity contribution in [2.45, 2.75) is 6.92 Å². The third-order valence-corrected chi connectivity index (χ3v) is 2.05. The van der Waals surface area contributed by atoms with Crippen molar-refractivity contribution in [1.29, 1.82) is 0 Å². The van der Waals surface area contributed by atoms with E-state index in [1.807, 2.05) is 14.1 Å². The Balaban J connectivity index is 3.04. The van der Waals surface area contributed by atoms with Crippen molar-refractivity contribution >= 4 is 0 Å². The van der Waals surface area contributed by atoms with Crippen LogP contribution in [0.1, 0.15) is 6.92 Å². The average molecular weight is 218 g/mol. The fourth-order valence-electron chi connectivity index (χ4n) is 1.19. The lowest BCUT2D eigenvalue weighted by atomic mass is 10.2. The van der Waals surface area contributed by atoms with Crippen LogP contribution in [0.3, 0.4) is 0 Å². The van der Waals surface area contributed by atoms with E-state index < -0.39 is 0 Å². The highest BCUT2D eigenvalue weighted by molar-refractivity contribution is 4.55. The van der Waals surface area contributed by atoms with Gasteiger partial charge in [0.25, 0.3) is 0 Å². The molecule has 15 heavy (non-hydrogen) atoms. The second-order valence-electron chi connectivity index (χ2n) is 4.18. The molecule has 0 heterocycles. The quantitative estimate of drug-likeness (QED) is 0.539. The Hall–Kier alpha value is -0.160. The van der Waals surface area contributed by atoms with Crippen LogP contribution in [-0.2, 0) is 9.47 Å². The van der Waals surface area contributed by atoms with Crippen molar-refractivity contribution < 1.29 is 9.47 Å². The Morgan fingerprint density at radius 3 is 2.60 bits per heavy atom. The molecule has 0 aromatic carbocycles. The first-order valence-corrected chi connectivity index (χ1v) is 5.59. The molecule has 1 atom stereocenters. The summed E-state index contributed by atoms with van der Waals surface area (Å²) in [5, 5.41) is 3.34. The van der Waals surface area contributed by atoms with Gasteiger partial charge in [-0.25, -0.2) is 0 Å². The minimum atomic E-state index is 0.566. The van der Waals surface area contributed by atoms with Crippen molar-refractivity contribution in [2.75, 3.05) is 60.7 Å². The van der Waals surface area contributed by atoms with Crippen LogP contribution in [0.25, 0.3) is 0 Å². The van der Waals surface area contributed by atoms with Gasteiger partial charge in [-0.1, -0.05) is 6.92 Å². The monoisotopic (exact) mass is 218 g/mol. The van der Waals surface area contributed by atoms with Crippen LogP contribution in [0.4, 0.5) is 0 Å². The fraction of sp³-hybridized carbons (Fsp3) is 1.00. The Morgan fingerprint density at radius 2 is 2.00 bits per heavy atom. The highest BCUT2D eigenvalue weighted by Gasteiger charge is 1.99. The summed E-state index contributed by atoms with van der Waals surface area (Å²) < 4.78 is 10.5. The molecular weight excluding hydrogens is 192 g/mol. The van der Waals surface area contributed by atoms with Gasteiger partial charge < -0.3 is 19.7 Å². The number of nitrogens with one attached hydrogen (secondary N) is 1. The Bertz CT molecular complexity index is 132. The zero-order chi connectivity index (χ0) is 11.5. The molecule has 0 aliphatic heterocycles. The van der Waals surface area contributed by atoms with Gasteiger partial charge >= 0.3 is 0 Å². The van der Waals surface area contributed by atoms with Crippen LogP contribution in [0.2, 0.25) is 0 Å². The molecule has 0 bridgehead atoms. The van der Waals surface area contributed by atoms with Crippen molar-refractivity contribution in [3.05, 3.63) is 0 Å². The first-order chi connectivity index (χ1) is 7.16. The molecule has 92 valence electrons. The van der Waals surface area contributed by atoms with Crippen LogP contribution in [0.15, 0.2) is 0 Å². The normalized spacial score (nSPS) is 13.4. The SMILES string of the molecule is COCC(C)CNCCOCCN(C)C. The maximum absolute atomic E-state index is 5.45. The van der Waals surface area contributed by atoms with Gasteiger partial charge in [0.1, 0.15) is 0 Å². The summed E-state index contributed by atoms with van der Waals surface area (Å²) in [5.74, 6) is 0.566. The van der Waals surface area contributed by atoms with Crippen molar-refractivity contribution in [1.82, 2.24) is 10.2 Å². The summed E-state index contributed by atoms with van der Waals surface area (Å²) in [7, 11) is 5.84. The van der Waals surface area contributed by atoms with Crippen molar-refractivity contribution in [2.24, 2.45) is 5.92 Å². The van der Waals surface area contributed by atoms with Crippen LogP contribution in [0, 0.1) is 5.92 Å². The third-order valence-electron chi connectivity index (χ3n) is 2.05. The first kappa shape index (κ1) is 14.8. The summed E-state index contributed by atoms with van der Waals surface area (Å²) in [4.78, 5) is 2.12. The predicted octanol–water partition coefficient (Wildman–Crippen LogP) is 0.437. The van der Waals surface area contributed by atoms with E-state index in [1.165, 1.54) is 0 Å². The molecular formula is C11H26N2O2. The Morgan fingerprint density at radius 1 is 1.27 bits per heavy atom. The Labute approximate surface area is 93.9 Å². The maximum atomic E-state index is 5.45. The fourth-order valence-corrected chi connectivity index (χ4v) is 1.19. The Kier molecular flexibility index (Phi) is 10.3. The van der Waals surface area contributed by atoms with Crippen LogP contribution in [-0.4, -0.2) is 65.6 Å². The lowest BCUT2D eigenvalue weighted by Crippen LogP contribution is -2.28. The zero-order valence-corrected chi connectivity index (χ0v) is 10.6. The molecule has 1 N–H and O–H groups in total. The molecule has 0 fully saturated rings. The summed E-state index contributed by atoms with van der Waals surface area (Å²) in [5.41, 5.74) is 0. The molecule has 0 saturated carbocycles. The molecule has 0 amide bonds. The van der Waals surface area contributed by atoms with E-state index in [4.69, 9.17) is 9.47 Å². The summed E-state index contributed by atoms with van der Waals surface area (Å²) in [6, 6.07) is 0. The number of rotatable bonds is 10. The highest BCUT2D eigenvalue weighted by atomic mass is 16.5. The predicted molar refractivity (Wildman–Crippen MR) is 63.3 cm³/mol. The molecule has 1 unspecified atom stereocenters. The van der Waals surface area contributed by atoms with E-state index >= 15 is 0 Å². The molecule has 0 radical (unpaired) electrons. The zero-order valence-electron chi connectivity index (χ0n) is 10.6. The molecule has 4 heteroatoms. The van der Waals surface area contributed by atoms with Crippen LogP contribution < -0.4 is 5.32 Å². The van der Waals surface area contributed by atoms with Crippen LogP contribution >= 0.6 is 0 Å². The van der Waals surface area contributed by atoms with Crippen molar-refractivity contribution in [3.8, 4) is 0 Å². The molecule has 0 aliphatic carbocycles. The number of ether oxygens (including phenoxy) is 2. The van der Waals surface area contributed by atoms with Crippen LogP contribution in [0.5, 0.6) is 0 Å². The van der Waals surface area contributed by atoms with Gasteiger partial charge in [-0.3, -0.25) is 0 Å². The highest BCUT2D eigenvalue weighted by Crippen LogP contribution is 1.91. The second kappa shape index (κ2) is 10.4. The smallest absolute Gasteiger partial charge is 0.0593 e. The van der Waals surface area contributed by atoms with Gasteiger partial charge in [0.05, 0.1) is 13.2 Å². The number of likely N-dealkylation sites (N-methyl/N-ethyl adjacent to an activating group) is 1. The van der Waals surface area contributed by atoms with Gasteiger partial charge in [0.2, 0.25) is 0 Å². The number of hydrogen-bond donors (Lipinski definition) is 1. The van der Waals surface area contributed by atoms with Gasteiger partial charge in [-0.05, 0) is 26.6 Å². The lowest BCUT2D eigenvalue weighted by Gasteiger charge is -2.12. The van der Waals surface area contributed by atoms with E-state index in [0.717, 1.165) is 39.5 Å². The molecule has 0 spiro atoms. The van der Waals surface area contributed by atoms with E-state index in [0.29, 0.717) is 5.92 Å². The molecule has 0 rings (SSSR count). The largest absolute Gasteiger partial charge is 0.384 e. The average Bonchev–Trinajstić information content (AvgIpc) is 2.16. The topological polar surface area (TPSA) is 33.7 Å². The van der Waals surface area contributed by atoms with Gasteiger partial charge in [-0.2, -0.15) is 0 Å². The summed E-state index contributed by atoms with van der Waals surface area (Å²) in [6.45, 7) is 7.47. The number of hydrogen-bond acceptors (Lipinski definition) is 4. The number of methoxy groups -OCH3 is 1. The summed E-state index contributed by atoms with van der Waals surface area (Å²) >= 11 is 0. The van der Waals surface area contributed by atoms with Crippen molar-refractivity contribution in [3.63, 3.8) is 0 Å². The second-order valence-corrected chi connectivity index (χ2v) is 4.18. The molecule has 0 aromatic rings. The van der Waals surface area contributed by atoms with E-state index in [2.05, 4.69) is 17.1 Å². The standard InChI is InChI=1S/C11H26N2O2/c1-11(10-14-4)9-12-5-7-15-8-6-13(2)3/h11-12H,5-10H2,1-4H3.